The first kappa shape index (κ1) is 17.0. The second-order valence-electron chi connectivity index (χ2n) is 5.02. The van der Waals surface area contributed by atoms with Crippen molar-refractivity contribution >= 4 is 65.7 Å². The number of hydrogen-bond donors (Lipinski definition) is 1. The Balaban J connectivity index is 2.16. The highest BCUT2D eigenvalue weighted by Gasteiger charge is 2.19. The maximum Gasteiger partial charge on any atom is 0.232 e. The molecular formula is C14H12BrClN4O3S. The van der Waals surface area contributed by atoms with Crippen molar-refractivity contribution in [2.75, 3.05) is 22.9 Å². The van der Waals surface area contributed by atoms with Crippen LogP contribution in [-0.2, 0) is 10.0 Å². The molecule has 0 saturated carbocycles. The molecule has 0 unspecified atom stereocenters. The summed E-state index contributed by atoms with van der Waals surface area (Å²) in [7, 11) is -1.97. The summed E-state index contributed by atoms with van der Waals surface area (Å²) in [5, 5.41) is 3.92. The minimum Gasteiger partial charge on any atom is -0.464 e. The van der Waals surface area contributed by atoms with Gasteiger partial charge in [0.25, 0.3) is 0 Å². The summed E-state index contributed by atoms with van der Waals surface area (Å²) in [5.41, 5.74) is 1.56. The van der Waals surface area contributed by atoms with Gasteiger partial charge in [0, 0.05) is 24.7 Å². The van der Waals surface area contributed by atoms with Crippen LogP contribution in [0.1, 0.15) is 0 Å². The van der Waals surface area contributed by atoms with Crippen molar-refractivity contribution in [2.24, 2.45) is 0 Å². The third-order valence-corrected chi connectivity index (χ3v) is 5.33. The van der Waals surface area contributed by atoms with Crippen LogP contribution in [0.15, 0.2) is 39.5 Å². The lowest BCUT2D eigenvalue weighted by Gasteiger charge is -2.21. The van der Waals surface area contributed by atoms with Crippen LogP contribution in [-0.4, -0.2) is 31.7 Å². The van der Waals surface area contributed by atoms with E-state index in [9.17, 15) is 8.42 Å². The van der Waals surface area contributed by atoms with Crippen molar-refractivity contribution in [3.8, 4) is 0 Å². The second-order valence-corrected chi connectivity index (χ2v) is 8.23. The van der Waals surface area contributed by atoms with Crippen LogP contribution in [0.25, 0.3) is 11.0 Å². The van der Waals surface area contributed by atoms with Gasteiger partial charge < -0.3 is 9.73 Å². The van der Waals surface area contributed by atoms with Crippen LogP contribution in [0.3, 0.4) is 0 Å². The Bertz CT molecular complexity index is 1020. The molecule has 1 aromatic carbocycles. The van der Waals surface area contributed by atoms with E-state index in [0.29, 0.717) is 27.2 Å². The molecule has 0 bridgehead atoms. The highest BCUT2D eigenvalue weighted by molar-refractivity contribution is 9.10. The molecule has 0 aliphatic heterocycles. The Kier molecular flexibility index (Phi) is 4.41. The monoisotopic (exact) mass is 430 g/mol. The molecule has 0 atom stereocenters. The van der Waals surface area contributed by atoms with E-state index in [0.717, 1.165) is 11.6 Å². The quantitative estimate of drug-likeness (QED) is 0.633. The lowest BCUT2D eigenvalue weighted by molar-refractivity contribution is 0.600. The molecule has 3 aromatic rings. The van der Waals surface area contributed by atoms with Crippen molar-refractivity contribution < 1.29 is 12.8 Å². The van der Waals surface area contributed by atoms with Gasteiger partial charge >= 0.3 is 0 Å². The van der Waals surface area contributed by atoms with E-state index in [1.54, 1.807) is 18.2 Å². The van der Waals surface area contributed by atoms with E-state index in [2.05, 4.69) is 31.2 Å². The molecule has 10 heteroatoms. The average Bonchev–Trinajstić information content (AvgIpc) is 2.95. The highest BCUT2D eigenvalue weighted by atomic mass is 79.9. The number of rotatable bonds is 4. The average molecular weight is 432 g/mol. The molecule has 7 nitrogen and oxygen atoms in total. The van der Waals surface area contributed by atoms with E-state index < -0.39 is 10.0 Å². The molecule has 24 heavy (non-hydrogen) atoms. The summed E-state index contributed by atoms with van der Waals surface area (Å²) in [5.74, 6) is 0.407. The van der Waals surface area contributed by atoms with Crippen LogP contribution in [0, 0.1) is 0 Å². The maximum atomic E-state index is 12.0. The van der Waals surface area contributed by atoms with Gasteiger partial charge in [-0.3, -0.25) is 4.31 Å². The maximum absolute atomic E-state index is 12.0. The molecule has 3 rings (SSSR count). The number of anilines is 3. The van der Waals surface area contributed by atoms with Gasteiger partial charge in [0.1, 0.15) is 11.4 Å². The number of furan rings is 1. The van der Waals surface area contributed by atoms with Gasteiger partial charge in [-0.1, -0.05) is 0 Å². The zero-order chi connectivity index (χ0) is 17.5. The van der Waals surface area contributed by atoms with Gasteiger partial charge in [-0.15, -0.1) is 0 Å². The summed E-state index contributed by atoms with van der Waals surface area (Å²) in [6, 6.07) is 5.18. The number of fused-ring (bicyclic) bond motifs is 1. The Morgan fingerprint density at radius 1 is 1.38 bits per heavy atom. The van der Waals surface area contributed by atoms with E-state index in [1.165, 1.54) is 23.8 Å². The smallest absolute Gasteiger partial charge is 0.232 e. The summed E-state index contributed by atoms with van der Waals surface area (Å²) < 4.78 is 31.1. The Labute approximate surface area is 151 Å². The fraction of sp³-hybridized carbons (Fsp3) is 0.143. The minimum atomic E-state index is -3.45. The second kappa shape index (κ2) is 6.23. The van der Waals surface area contributed by atoms with E-state index >= 15 is 0 Å². The molecule has 126 valence electrons. The van der Waals surface area contributed by atoms with Crippen molar-refractivity contribution in [2.45, 2.75) is 0 Å². The number of halogens is 2. The van der Waals surface area contributed by atoms with Crippen molar-refractivity contribution in [1.29, 1.82) is 0 Å². The first-order valence-electron chi connectivity index (χ1n) is 6.66. The highest BCUT2D eigenvalue weighted by Crippen LogP contribution is 2.35. The van der Waals surface area contributed by atoms with Gasteiger partial charge in [0.05, 0.1) is 28.4 Å². The summed E-state index contributed by atoms with van der Waals surface area (Å²) in [4.78, 5) is 7.96. The largest absolute Gasteiger partial charge is 0.464 e. The molecule has 0 aliphatic rings. The fourth-order valence-electron chi connectivity index (χ4n) is 2.10. The summed E-state index contributed by atoms with van der Waals surface area (Å²) in [6.07, 6.45) is 4.17. The van der Waals surface area contributed by atoms with Gasteiger partial charge in [-0.25, -0.2) is 13.4 Å². The number of benzene rings is 1. The summed E-state index contributed by atoms with van der Waals surface area (Å²) >= 11 is 9.16. The predicted octanol–water partition coefficient (Wildman–Crippen LogP) is 3.78. The third-order valence-electron chi connectivity index (χ3n) is 3.38. The zero-order valence-electron chi connectivity index (χ0n) is 12.6. The fourth-order valence-corrected chi connectivity index (χ4v) is 3.03. The summed E-state index contributed by atoms with van der Waals surface area (Å²) in [6.45, 7) is 0. The number of hydrogen-bond acceptors (Lipinski definition) is 6. The Morgan fingerprint density at radius 3 is 2.83 bits per heavy atom. The number of nitrogens with zero attached hydrogens (tertiary/aromatic N) is 3. The van der Waals surface area contributed by atoms with E-state index in [1.807, 2.05) is 0 Å². The van der Waals surface area contributed by atoms with Gasteiger partial charge in [0.2, 0.25) is 15.3 Å². The van der Waals surface area contributed by atoms with Crippen molar-refractivity contribution in [3.63, 3.8) is 0 Å². The van der Waals surface area contributed by atoms with E-state index in [4.69, 9.17) is 16.0 Å². The first-order valence-corrected chi connectivity index (χ1v) is 9.68. The standard InChI is InChI=1S/C14H12BrClN4O3S/c1-20(24(2,21)22)11-5-8-3-4-23-12(8)6-10(11)18-13-9(15)7-17-14(16)19-13/h3-7H,1-2H3,(H,17,18,19). The van der Waals surface area contributed by atoms with Gasteiger partial charge in [-0.05, 0) is 39.7 Å². The molecular weight excluding hydrogens is 420 g/mol. The molecule has 0 saturated heterocycles. The topological polar surface area (TPSA) is 88.3 Å². The predicted molar refractivity (Wildman–Crippen MR) is 97.5 cm³/mol. The van der Waals surface area contributed by atoms with Crippen molar-refractivity contribution in [1.82, 2.24) is 9.97 Å². The van der Waals surface area contributed by atoms with Gasteiger partial charge in [0.15, 0.2) is 0 Å². The molecule has 0 fully saturated rings. The molecule has 1 N–H and O–H groups in total. The van der Waals surface area contributed by atoms with Crippen LogP contribution in [0.4, 0.5) is 17.2 Å². The van der Waals surface area contributed by atoms with Crippen LogP contribution >= 0.6 is 27.5 Å². The number of aromatic nitrogens is 2. The van der Waals surface area contributed by atoms with Gasteiger partial charge in [-0.2, -0.15) is 4.98 Å². The lowest BCUT2D eigenvalue weighted by Crippen LogP contribution is -2.25. The SMILES string of the molecule is CN(c1cc2ccoc2cc1Nc1nc(Cl)ncc1Br)S(C)(=O)=O. The zero-order valence-corrected chi connectivity index (χ0v) is 15.8. The molecule has 0 radical (unpaired) electrons. The Morgan fingerprint density at radius 2 is 2.12 bits per heavy atom. The number of sulfonamides is 1. The lowest BCUT2D eigenvalue weighted by atomic mass is 10.2. The number of nitrogens with one attached hydrogen (secondary N) is 1. The van der Waals surface area contributed by atoms with E-state index in [-0.39, 0.29) is 5.28 Å². The molecule has 2 aromatic heterocycles. The molecule has 0 amide bonds. The van der Waals surface area contributed by atoms with Crippen LogP contribution in [0.2, 0.25) is 5.28 Å². The van der Waals surface area contributed by atoms with Crippen molar-refractivity contribution in [3.05, 3.63) is 40.4 Å². The Hall–Kier alpha value is -1.84. The van der Waals surface area contributed by atoms with Crippen LogP contribution < -0.4 is 9.62 Å². The molecule has 0 aliphatic carbocycles. The third kappa shape index (κ3) is 3.33. The first-order chi connectivity index (χ1) is 11.3. The molecule has 2 heterocycles. The normalized spacial score (nSPS) is 11.7. The minimum absolute atomic E-state index is 0.0674. The van der Waals surface area contributed by atoms with Crippen LogP contribution in [0.5, 0.6) is 0 Å². The molecule has 0 spiro atoms.